The first kappa shape index (κ1) is 6.45. The second-order valence-electron chi connectivity index (χ2n) is 1.30. The molecule has 0 unspecified atom stereocenters. The number of unbranched alkanes of at least 4 members (excludes halogenated alkanes) is 1. The molecule has 0 bridgehead atoms. The number of hydrogen-bond donors (Lipinski definition) is 0. The van der Waals surface area contributed by atoms with Crippen LogP contribution in [0.25, 0.3) is 0 Å². The van der Waals surface area contributed by atoms with E-state index in [-0.39, 0.29) is 0 Å². The van der Waals surface area contributed by atoms with Gasteiger partial charge in [-0.2, -0.15) is 5.26 Å². The van der Waals surface area contributed by atoms with Gasteiger partial charge in [-0.1, -0.05) is 0 Å². The van der Waals surface area contributed by atoms with Crippen LogP contribution in [0.4, 0.5) is 0 Å². The Hall–Kier alpha value is -0.550. The van der Waals surface area contributed by atoms with E-state index in [9.17, 15) is 0 Å². The summed E-state index contributed by atoms with van der Waals surface area (Å²) in [6.07, 6.45) is 1.55. The van der Waals surface area contributed by atoms with E-state index in [1.807, 2.05) is 6.07 Å². The van der Waals surface area contributed by atoms with Crippen LogP contribution in [0.5, 0.6) is 0 Å². The van der Waals surface area contributed by atoms with Gasteiger partial charge in [0, 0.05) is 20.0 Å². The first-order valence-electron chi connectivity index (χ1n) is 2.34. The van der Waals surface area contributed by atoms with Gasteiger partial charge >= 0.3 is 0 Å². The van der Waals surface area contributed by atoms with Crippen molar-refractivity contribution in [1.82, 2.24) is 5.32 Å². The Balaban J connectivity index is 2.60. The Morgan fingerprint density at radius 3 is 2.86 bits per heavy atom. The lowest BCUT2D eigenvalue weighted by atomic mass is 10.3. The van der Waals surface area contributed by atoms with Crippen LogP contribution in [-0.4, -0.2) is 13.6 Å². The third kappa shape index (κ3) is 5.45. The lowest BCUT2D eigenvalue weighted by molar-refractivity contribution is 0.728. The number of rotatable bonds is 3. The lowest BCUT2D eigenvalue weighted by Gasteiger charge is -1.86. The second kappa shape index (κ2) is 5.45. The van der Waals surface area contributed by atoms with E-state index < -0.39 is 0 Å². The molecule has 0 aromatic heterocycles. The zero-order chi connectivity index (χ0) is 5.54. The summed E-state index contributed by atoms with van der Waals surface area (Å²) in [5.41, 5.74) is 0. The zero-order valence-electron chi connectivity index (χ0n) is 4.52. The third-order valence-electron chi connectivity index (χ3n) is 0.670. The minimum atomic E-state index is 0.636. The van der Waals surface area contributed by atoms with Crippen molar-refractivity contribution in [3.05, 3.63) is 0 Å². The largest absolute Gasteiger partial charge is 0.245 e. The van der Waals surface area contributed by atoms with Gasteiger partial charge in [0.15, 0.2) is 0 Å². The predicted octanol–water partition coefficient (Wildman–Crippen LogP) is 0.524. The van der Waals surface area contributed by atoms with Gasteiger partial charge in [-0.05, 0) is 6.42 Å². The van der Waals surface area contributed by atoms with E-state index in [1.54, 1.807) is 7.05 Å². The molecule has 2 nitrogen and oxygen atoms in total. The minimum absolute atomic E-state index is 0.636. The van der Waals surface area contributed by atoms with Gasteiger partial charge < -0.3 is 0 Å². The predicted molar refractivity (Wildman–Crippen MR) is 27.8 cm³/mol. The highest BCUT2D eigenvalue weighted by Gasteiger charge is 1.79. The molecule has 0 saturated carbocycles. The average molecular weight is 97.1 g/mol. The quantitative estimate of drug-likeness (QED) is 0.473. The Labute approximate surface area is 44.1 Å². The lowest BCUT2D eigenvalue weighted by Crippen LogP contribution is -1.97. The molecule has 0 aliphatic carbocycles. The smallest absolute Gasteiger partial charge is 0.0622 e. The van der Waals surface area contributed by atoms with Crippen molar-refractivity contribution in [1.29, 1.82) is 5.26 Å². The summed E-state index contributed by atoms with van der Waals surface area (Å²) in [5.74, 6) is 0. The standard InChI is InChI=1S/C5H9N2/c1-7-5-3-2-4-6/h2-3,5H2,1H3. The van der Waals surface area contributed by atoms with E-state index in [0.29, 0.717) is 6.42 Å². The van der Waals surface area contributed by atoms with Crippen molar-refractivity contribution in [2.45, 2.75) is 12.8 Å². The molecule has 0 aromatic rings. The fourth-order valence-electron chi connectivity index (χ4n) is 0.316. The fraction of sp³-hybridized carbons (Fsp3) is 0.800. The Bertz CT molecular complexity index is 63.0. The average Bonchev–Trinajstić information content (AvgIpc) is 1.69. The Morgan fingerprint density at radius 2 is 2.43 bits per heavy atom. The van der Waals surface area contributed by atoms with Crippen molar-refractivity contribution < 1.29 is 0 Å². The molecule has 0 amide bonds. The molecule has 39 valence electrons. The molecule has 0 atom stereocenters. The van der Waals surface area contributed by atoms with Crippen LogP contribution in [0.2, 0.25) is 0 Å². The number of nitriles is 1. The minimum Gasteiger partial charge on any atom is -0.245 e. The maximum atomic E-state index is 8.00. The van der Waals surface area contributed by atoms with Gasteiger partial charge in [-0.25, -0.2) is 5.32 Å². The van der Waals surface area contributed by atoms with E-state index in [1.165, 1.54) is 0 Å². The molecule has 0 heterocycles. The number of hydrogen-bond acceptors (Lipinski definition) is 1. The van der Waals surface area contributed by atoms with E-state index >= 15 is 0 Å². The molecule has 0 fully saturated rings. The van der Waals surface area contributed by atoms with Crippen LogP contribution in [0, 0.1) is 11.3 Å². The highest BCUT2D eigenvalue weighted by atomic mass is 14.8. The summed E-state index contributed by atoms with van der Waals surface area (Å²) < 4.78 is 0. The van der Waals surface area contributed by atoms with Crippen LogP contribution in [0.3, 0.4) is 0 Å². The zero-order valence-corrected chi connectivity index (χ0v) is 4.52. The number of nitrogens with zero attached hydrogens (tertiary/aromatic N) is 2. The van der Waals surface area contributed by atoms with Crippen molar-refractivity contribution in [3.63, 3.8) is 0 Å². The molecular weight excluding hydrogens is 88.1 g/mol. The van der Waals surface area contributed by atoms with Gasteiger partial charge in [-0.15, -0.1) is 0 Å². The maximum absolute atomic E-state index is 8.00. The summed E-state index contributed by atoms with van der Waals surface area (Å²) in [4.78, 5) is 0. The summed E-state index contributed by atoms with van der Waals surface area (Å²) in [6, 6.07) is 2.04. The van der Waals surface area contributed by atoms with Crippen molar-refractivity contribution in [2.24, 2.45) is 0 Å². The molecule has 0 N–H and O–H groups in total. The molecule has 2 heteroatoms. The highest BCUT2D eigenvalue weighted by molar-refractivity contribution is 4.67. The first-order valence-corrected chi connectivity index (χ1v) is 2.34. The topological polar surface area (TPSA) is 37.9 Å². The highest BCUT2D eigenvalue weighted by Crippen LogP contribution is 1.80. The van der Waals surface area contributed by atoms with Crippen LogP contribution in [0.15, 0.2) is 0 Å². The molecule has 0 aromatic carbocycles. The fourth-order valence-corrected chi connectivity index (χ4v) is 0.316. The van der Waals surface area contributed by atoms with Gasteiger partial charge in [-0.3, -0.25) is 0 Å². The van der Waals surface area contributed by atoms with Gasteiger partial charge in [0.1, 0.15) is 0 Å². The van der Waals surface area contributed by atoms with Gasteiger partial charge in [0.2, 0.25) is 0 Å². The molecular formula is C5H9N2. The molecule has 1 radical (unpaired) electrons. The SMILES string of the molecule is C[N]CCCC#N. The van der Waals surface area contributed by atoms with Crippen LogP contribution in [-0.2, 0) is 0 Å². The monoisotopic (exact) mass is 97.1 g/mol. The molecule has 7 heavy (non-hydrogen) atoms. The second-order valence-corrected chi connectivity index (χ2v) is 1.30. The molecule has 0 saturated heterocycles. The molecule has 0 spiro atoms. The maximum Gasteiger partial charge on any atom is 0.0622 e. The molecule has 0 aliphatic heterocycles. The van der Waals surface area contributed by atoms with Crippen LogP contribution in [0.1, 0.15) is 12.8 Å². The van der Waals surface area contributed by atoms with Crippen molar-refractivity contribution in [3.8, 4) is 6.07 Å². The van der Waals surface area contributed by atoms with E-state index in [2.05, 4.69) is 5.32 Å². The van der Waals surface area contributed by atoms with Crippen LogP contribution >= 0.6 is 0 Å². The molecule has 0 rings (SSSR count). The van der Waals surface area contributed by atoms with Crippen molar-refractivity contribution >= 4 is 0 Å². The van der Waals surface area contributed by atoms with E-state index in [0.717, 1.165) is 13.0 Å². The Kier molecular flexibility index (Phi) is 5.02. The Morgan fingerprint density at radius 1 is 1.71 bits per heavy atom. The summed E-state index contributed by atoms with van der Waals surface area (Å²) in [7, 11) is 1.76. The summed E-state index contributed by atoms with van der Waals surface area (Å²) in [5, 5.41) is 11.8. The summed E-state index contributed by atoms with van der Waals surface area (Å²) in [6.45, 7) is 0.827. The van der Waals surface area contributed by atoms with E-state index in [4.69, 9.17) is 5.26 Å². The van der Waals surface area contributed by atoms with Gasteiger partial charge in [0.25, 0.3) is 0 Å². The normalized spacial score (nSPS) is 8.00. The van der Waals surface area contributed by atoms with Crippen LogP contribution < -0.4 is 5.32 Å². The summed E-state index contributed by atoms with van der Waals surface area (Å²) >= 11 is 0. The third-order valence-corrected chi connectivity index (χ3v) is 0.670. The van der Waals surface area contributed by atoms with Crippen molar-refractivity contribution in [2.75, 3.05) is 13.6 Å². The first-order chi connectivity index (χ1) is 3.41. The molecule has 0 aliphatic rings. The van der Waals surface area contributed by atoms with Gasteiger partial charge in [0.05, 0.1) is 6.07 Å².